The zero-order valence-corrected chi connectivity index (χ0v) is 13.2. The van der Waals surface area contributed by atoms with E-state index in [-0.39, 0.29) is 29.0 Å². The van der Waals surface area contributed by atoms with E-state index in [4.69, 9.17) is 4.74 Å². The molecule has 0 saturated heterocycles. The fraction of sp³-hybridized carbons (Fsp3) is 0.688. The predicted octanol–water partition coefficient (Wildman–Crippen LogP) is 2.06. The summed E-state index contributed by atoms with van der Waals surface area (Å²) < 4.78 is 5.83. The Labute approximate surface area is 124 Å². The van der Waals surface area contributed by atoms with E-state index in [1.165, 1.54) is 0 Å². The molecule has 3 aliphatic carbocycles. The van der Waals surface area contributed by atoms with Crippen molar-refractivity contribution in [3.63, 3.8) is 0 Å². The second kappa shape index (κ2) is 4.21. The van der Waals surface area contributed by atoms with Crippen LogP contribution in [0.2, 0.25) is 0 Å². The van der Waals surface area contributed by atoms with E-state index in [0.29, 0.717) is 5.75 Å². The maximum Gasteiger partial charge on any atom is 0.190 e. The average molecular weight is 294 g/mol. The van der Waals surface area contributed by atoms with E-state index in [1.807, 2.05) is 18.4 Å². The second-order valence-electron chi connectivity index (χ2n) is 6.77. The minimum absolute atomic E-state index is 0.0308. The summed E-state index contributed by atoms with van der Waals surface area (Å²) in [5.74, 6) is 0.536. The number of carbonyl (C=O) groups is 1. The van der Waals surface area contributed by atoms with Crippen LogP contribution in [0.4, 0.5) is 0 Å². The highest BCUT2D eigenvalue weighted by atomic mass is 32.2. The number of carbonyl (C=O) groups excluding carboxylic acids is 1. The Morgan fingerprint density at radius 3 is 2.65 bits per heavy atom. The first-order valence-corrected chi connectivity index (χ1v) is 8.43. The van der Waals surface area contributed by atoms with E-state index in [1.54, 1.807) is 24.9 Å². The van der Waals surface area contributed by atoms with Crippen molar-refractivity contribution >= 4 is 17.5 Å². The van der Waals surface area contributed by atoms with E-state index in [0.717, 1.165) is 0 Å². The minimum atomic E-state index is -1.43. The van der Waals surface area contributed by atoms with Crippen LogP contribution in [0.15, 0.2) is 24.3 Å². The number of fused-ring (bicyclic) bond motifs is 5. The van der Waals surface area contributed by atoms with Gasteiger partial charge in [-0.05, 0) is 23.7 Å². The first-order chi connectivity index (χ1) is 9.35. The molecule has 0 unspecified atom stereocenters. The number of ether oxygens (including phenoxy) is 1. The van der Waals surface area contributed by atoms with Gasteiger partial charge < -0.3 is 9.84 Å². The first-order valence-electron chi connectivity index (χ1n) is 7.03. The Bertz CT molecular complexity index is 510. The third-order valence-corrected chi connectivity index (χ3v) is 6.30. The number of methoxy groups -OCH3 is 1. The van der Waals surface area contributed by atoms with Crippen molar-refractivity contribution in [1.82, 2.24) is 0 Å². The molecule has 3 nitrogen and oxygen atoms in total. The molecule has 110 valence electrons. The monoisotopic (exact) mass is 294 g/mol. The van der Waals surface area contributed by atoms with Gasteiger partial charge in [0.1, 0.15) is 5.60 Å². The van der Waals surface area contributed by atoms with Crippen molar-refractivity contribution < 1.29 is 14.6 Å². The van der Waals surface area contributed by atoms with Crippen LogP contribution in [-0.4, -0.2) is 41.2 Å². The summed E-state index contributed by atoms with van der Waals surface area (Å²) in [5.41, 5.74) is -2.27. The number of allylic oxidation sites excluding steroid dienone is 1. The van der Waals surface area contributed by atoms with Gasteiger partial charge in [-0.1, -0.05) is 32.1 Å². The minimum Gasteiger partial charge on any atom is -0.378 e. The van der Waals surface area contributed by atoms with Gasteiger partial charge in [0.2, 0.25) is 0 Å². The molecule has 5 atom stereocenters. The quantitative estimate of drug-likeness (QED) is 0.809. The van der Waals surface area contributed by atoms with Gasteiger partial charge in [-0.25, -0.2) is 0 Å². The van der Waals surface area contributed by atoms with Gasteiger partial charge in [0.05, 0.1) is 0 Å². The van der Waals surface area contributed by atoms with Crippen molar-refractivity contribution in [2.75, 3.05) is 19.1 Å². The van der Waals surface area contributed by atoms with Crippen molar-refractivity contribution in [2.24, 2.45) is 23.2 Å². The molecular formula is C16H22O3S. The smallest absolute Gasteiger partial charge is 0.190 e. The van der Waals surface area contributed by atoms with Crippen LogP contribution in [0.25, 0.3) is 0 Å². The average Bonchev–Trinajstić information content (AvgIpc) is 2.77. The van der Waals surface area contributed by atoms with Gasteiger partial charge in [-0.2, -0.15) is 11.8 Å². The summed E-state index contributed by atoms with van der Waals surface area (Å²) in [6, 6.07) is 0. The van der Waals surface area contributed by atoms with Gasteiger partial charge in [0.25, 0.3) is 0 Å². The van der Waals surface area contributed by atoms with Gasteiger partial charge in [-0.15, -0.1) is 0 Å². The van der Waals surface area contributed by atoms with Gasteiger partial charge in [0, 0.05) is 24.7 Å². The highest BCUT2D eigenvalue weighted by Gasteiger charge is 2.74. The number of ketones is 1. The number of hydrogen-bond acceptors (Lipinski definition) is 4. The zero-order valence-electron chi connectivity index (χ0n) is 12.4. The summed E-state index contributed by atoms with van der Waals surface area (Å²) in [5, 5.41) is 11.3. The Balaban J connectivity index is 2.22. The van der Waals surface area contributed by atoms with Crippen molar-refractivity contribution in [2.45, 2.75) is 25.0 Å². The van der Waals surface area contributed by atoms with Crippen LogP contribution in [0.5, 0.6) is 0 Å². The Hall–Kier alpha value is -0.580. The molecule has 20 heavy (non-hydrogen) atoms. The maximum atomic E-state index is 12.5. The number of hydrogen-bond donors (Lipinski definition) is 1. The molecule has 1 saturated carbocycles. The van der Waals surface area contributed by atoms with Crippen LogP contribution >= 0.6 is 11.8 Å². The van der Waals surface area contributed by atoms with Crippen LogP contribution in [0, 0.1) is 23.2 Å². The number of thioether (sulfide) groups is 1. The standard InChI is InChI=1S/C16H22O3S/c1-14(2)8-7-11-13(14)10-5-6-12(17)16(11,18)15(10,19-3)9-20-4/h5-8,10-11,13,18H,9H2,1-4H3/t10-,11+,13+,15+,16+/m1/s1. The summed E-state index contributed by atoms with van der Waals surface area (Å²) in [6.45, 7) is 4.35. The van der Waals surface area contributed by atoms with Crippen LogP contribution in [-0.2, 0) is 9.53 Å². The van der Waals surface area contributed by atoms with Crippen LogP contribution < -0.4 is 0 Å². The third kappa shape index (κ3) is 1.38. The molecule has 1 N–H and O–H groups in total. The lowest BCUT2D eigenvalue weighted by atomic mass is 9.70. The highest BCUT2D eigenvalue weighted by molar-refractivity contribution is 7.98. The molecule has 0 aliphatic heterocycles. The van der Waals surface area contributed by atoms with E-state index < -0.39 is 11.2 Å². The number of aliphatic hydroxyl groups is 1. The fourth-order valence-electron chi connectivity index (χ4n) is 4.69. The fourth-order valence-corrected chi connectivity index (χ4v) is 5.65. The van der Waals surface area contributed by atoms with E-state index in [2.05, 4.69) is 19.9 Å². The van der Waals surface area contributed by atoms with Gasteiger partial charge in [0.15, 0.2) is 11.4 Å². The summed E-state index contributed by atoms with van der Waals surface area (Å²) >= 11 is 1.62. The molecule has 3 rings (SSSR count). The molecule has 2 bridgehead atoms. The molecule has 0 spiro atoms. The largest absolute Gasteiger partial charge is 0.378 e. The molecular weight excluding hydrogens is 272 g/mol. The lowest BCUT2D eigenvalue weighted by molar-refractivity contribution is -0.175. The lowest BCUT2D eigenvalue weighted by Crippen LogP contribution is -2.64. The molecule has 1 fully saturated rings. The molecule has 0 aromatic heterocycles. The third-order valence-electron chi connectivity index (χ3n) is 5.59. The molecule has 0 amide bonds. The van der Waals surface area contributed by atoms with Gasteiger partial charge >= 0.3 is 0 Å². The topological polar surface area (TPSA) is 46.5 Å². The van der Waals surface area contributed by atoms with Gasteiger partial charge in [-0.3, -0.25) is 4.79 Å². The number of rotatable bonds is 3. The Morgan fingerprint density at radius 2 is 2.05 bits per heavy atom. The van der Waals surface area contributed by atoms with E-state index >= 15 is 0 Å². The maximum absolute atomic E-state index is 12.5. The molecule has 0 radical (unpaired) electrons. The second-order valence-corrected chi connectivity index (χ2v) is 7.64. The Kier molecular flexibility index (Phi) is 3.03. The van der Waals surface area contributed by atoms with Crippen molar-refractivity contribution in [1.29, 1.82) is 0 Å². The predicted molar refractivity (Wildman–Crippen MR) is 80.6 cm³/mol. The van der Waals surface area contributed by atoms with Crippen LogP contribution in [0.3, 0.4) is 0 Å². The van der Waals surface area contributed by atoms with Crippen molar-refractivity contribution in [3.05, 3.63) is 24.3 Å². The SMILES string of the molecule is CO[C@@]1(CSC)[C@@H]2C=CC(=O)[C@@]1(O)[C@H]1C=CC(C)(C)[C@@H]21. The summed E-state index contributed by atoms with van der Waals surface area (Å²) in [7, 11) is 1.62. The summed E-state index contributed by atoms with van der Waals surface area (Å²) in [4.78, 5) is 12.5. The van der Waals surface area contributed by atoms with Crippen LogP contribution in [0.1, 0.15) is 13.8 Å². The molecule has 0 aromatic rings. The molecule has 3 aliphatic rings. The molecule has 4 heteroatoms. The molecule has 0 heterocycles. The Morgan fingerprint density at radius 1 is 1.35 bits per heavy atom. The highest BCUT2D eigenvalue weighted by Crippen LogP contribution is 2.64. The first kappa shape index (κ1) is 14.4. The lowest BCUT2D eigenvalue weighted by Gasteiger charge is -2.46. The molecule has 0 aromatic carbocycles. The van der Waals surface area contributed by atoms with E-state index in [9.17, 15) is 9.90 Å². The zero-order chi connectivity index (χ0) is 14.8. The summed E-state index contributed by atoms with van der Waals surface area (Å²) in [6.07, 6.45) is 9.69. The van der Waals surface area contributed by atoms with Crippen molar-refractivity contribution in [3.8, 4) is 0 Å². The normalized spacial score (nSPS) is 47.9.